The van der Waals surface area contributed by atoms with Crippen molar-refractivity contribution >= 4 is 5.69 Å². The van der Waals surface area contributed by atoms with E-state index in [2.05, 4.69) is 10.3 Å². The van der Waals surface area contributed by atoms with Crippen LogP contribution >= 0.6 is 0 Å². The van der Waals surface area contributed by atoms with Crippen LogP contribution in [0.4, 0.5) is 10.1 Å². The molecule has 0 fully saturated rings. The highest BCUT2D eigenvalue weighted by atomic mass is 19.1. The van der Waals surface area contributed by atoms with E-state index in [0.29, 0.717) is 17.9 Å². The van der Waals surface area contributed by atoms with Crippen LogP contribution < -0.4 is 5.32 Å². The molecule has 1 aromatic heterocycles. The average molecular weight is 227 g/mol. The number of para-hydroxylation sites is 1. The highest BCUT2D eigenvalue weighted by molar-refractivity contribution is 5.45. The summed E-state index contributed by atoms with van der Waals surface area (Å²) in [6, 6.07) is 11.9. The standard InChI is InChI=1S/C13H10FN3/c14-12-3-1-2-4-13(12)17-9-10-5-6-16-11(7-10)8-15/h1-7,17H,9H2. The van der Waals surface area contributed by atoms with E-state index in [4.69, 9.17) is 5.26 Å². The van der Waals surface area contributed by atoms with E-state index in [1.807, 2.05) is 6.07 Å². The Balaban J connectivity index is 2.08. The van der Waals surface area contributed by atoms with Gasteiger partial charge in [0.25, 0.3) is 0 Å². The Morgan fingerprint density at radius 2 is 2.12 bits per heavy atom. The van der Waals surface area contributed by atoms with Gasteiger partial charge in [0, 0.05) is 12.7 Å². The van der Waals surface area contributed by atoms with Crippen molar-refractivity contribution in [3.05, 3.63) is 59.7 Å². The third-order valence-corrected chi connectivity index (χ3v) is 2.30. The van der Waals surface area contributed by atoms with Crippen LogP contribution in [0.1, 0.15) is 11.3 Å². The number of halogens is 1. The molecule has 2 rings (SSSR count). The van der Waals surface area contributed by atoms with E-state index in [-0.39, 0.29) is 5.82 Å². The van der Waals surface area contributed by atoms with Crippen molar-refractivity contribution in [2.75, 3.05) is 5.32 Å². The number of nitrogens with one attached hydrogen (secondary N) is 1. The van der Waals surface area contributed by atoms with Crippen molar-refractivity contribution in [3.8, 4) is 6.07 Å². The van der Waals surface area contributed by atoms with Crippen LogP contribution in [0.2, 0.25) is 0 Å². The molecule has 0 saturated heterocycles. The molecular weight excluding hydrogens is 217 g/mol. The lowest BCUT2D eigenvalue weighted by atomic mass is 10.2. The monoisotopic (exact) mass is 227 g/mol. The SMILES string of the molecule is N#Cc1cc(CNc2ccccc2F)ccn1. The molecule has 3 nitrogen and oxygen atoms in total. The molecule has 0 bridgehead atoms. The van der Waals surface area contributed by atoms with Crippen molar-refractivity contribution in [2.45, 2.75) is 6.54 Å². The van der Waals surface area contributed by atoms with E-state index >= 15 is 0 Å². The van der Waals surface area contributed by atoms with E-state index in [9.17, 15) is 4.39 Å². The quantitative estimate of drug-likeness (QED) is 0.877. The molecule has 0 saturated carbocycles. The largest absolute Gasteiger partial charge is 0.379 e. The molecule has 1 heterocycles. The van der Waals surface area contributed by atoms with E-state index in [1.165, 1.54) is 6.07 Å². The van der Waals surface area contributed by atoms with Gasteiger partial charge in [-0.1, -0.05) is 12.1 Å². The Morgan fingerprint density at radius 3 is 2.88 bits per heavy atom. The normalized spacial score (nSPS) is 9.65. The van der Waals surface area contributed by atoms with Crippen LogP contribution in [-0.4, -0.2) is 4.98 Å². The molecule has 0 aliphatic heterocycles. The van der Waals surface area contributed by atoms with Crippen LogP contribution in [0.15, 0.2) is 42.6 Å². The second-order valence-corrected chi connectivity index (χ2v) is 3.49. The smallest absolute Gasteiger partial charge is 0.146 e. The molecular formula is C13H10FN3. The zero-order valence-corrected chi connectivity index (χ0v) is 9.02. The van der Waals surface area contributed by atoms with Crippen LogP contribution in [0.3, 0.4) is 0 Å². The minimum atomic E-state index is -0.290. The van der Waals surface area contributed by atoms with Gasteiger partial charge in [-0.05, 0) is 29.8 Å². The first kappa shape index (κ1) is 11.1. The first-order valence-electron chi connectivity index (χ1n) is 5.13. The molecule has 0 unspecified atom stereocenters. The molecule has 0 spiro atoms. The summed E-state index contributed by atoms with van der Waals surface area (Å²) in [5.41, 5.74) is 1.69. The number of nitrogens with zero attached hydrogens (tertiary/aromatic N) is 2. The summed E-state index contributed by atoms with van der Waals surface area (Å²) in [4.78, 5) is 3.87. The summed E-state index contributed by atoms with van der Waals surface area (Å²) >= 11 is 0. The van der Waals surface area contributed by atoms with Crippen molar-refractivity contribution in [2.24, 2.45) is 0 Å². The maximum atomic E-state index is 13.3. The Bertz CT molecular complexity index is 561. The van der Waals surface area contributed by atoms with E-state index < -0.39 is 0 Å². The number of anilines is 1. The number of hydrogen-bond donors (Lipinski definition) is 1. The fourth-order valence-corrected chi connectivity index (χ4v) is 1.45. The van der Waals surface area contributed by atoms with Gasteiger partial charge in [0.2, 0.25) is 0 Å². The Labute approximate surface area is 98.5 Å². The van der Waals surface area contributed by atoms with Crippen molar-refractivity contribution in [3.63, 3.8) is 0 Å². The van der Waals surface area contributed by atoms with Gasteiger partial charge < -0.3 is 5.32 Å². The number of nitriles is 1. The minimum absolute atomic E-state index is 0.290. The number of hydrogen-bond acceptors (Lipinski definition) is 3. The van der Waals surface area contributed by atoms with Gasteiger partial charge >= 0.3 is 0 Å². The highest BCUT2D eigenvalue weighted by Crippen LogP contribution is 2.13. The summed E-state index contributed by atoms with van der Waals surface area (Å²) in [5, 5.41) is 11.7. The fourth-order valence-electron chi connectivity index (χ4n) is 1.45. The van der Waals surface area contributed by atoms with Gasteiger partial charge in [-0.3, -0.25) is 0 Å². The third-order valence-electron chi connectivity index (χ3n) is 2.30. The predicted molar refractivity (Wildman–Crippen MR) is 62.7 cm³/mol. The summed E-state index contributed by atoms with van der Waals surface area (Å²) in [5.74, 6) is -0.290. The molecule has 84 valence electrons. The first-order valence-corrected chi connectivity index (χ1v) is 5.13. The minimum Gasteiger partial charge on any atom is -0.379 e. The maximum absolute atomic E-state index is 13.3. The molecule has 0 atom stereocenters. The lowest BCUT2D eigenvalue weighted by Gasteiger charge is -2.07. The summed E-state index contributed by atoms with van der Waals surface area (Å²) in [6.07, 6.45) is 1.57. The topological polar surface area (TPSA) is 48.7 Å². The maximum Gasteiger partial charge on any atom is 0.146 e. The Hall–Kier alpha value is -2.41. The molecule has 17 heavy (non-hydrogen) atoms. The molecule has 0 aliphatic carbocycles. The third kappa shape index (κ3) is 2.79. The molecule has 1 aromatic carbocycles. The molecule has 1 N–H and O–H groups in total. The first-order chi connectivity index (χ1) is 8.29. The molecule has 0 aliphatic rings. The van der Waals surface area contributed by atoms with Gasteiger partial charge in [-0.2, -0.15) is 5.26 Å². The van der Waals surface area contributed by atoms with Crippen molar-refractivity contribution < 1.29 is 4.39 Å². The summed E-state index contributed by atoms with van der Waals surface area (Å²) in [6.45, 7) is 0.456. The lowest BCUT2D eigenvalue weighted by molar-refractivity contribution is 0.630. The van der Waals surface area contributed by atoms with Crippen molar-refractivity contribution in [1.29, 1.82) is 5.26 Å². The van der Waals surface area contributed by atoms with Gasteiger partial charge in [0.15, 0.2) is 0 Å². The number of benzene rings is 1. The summed E-state index contributed by atoms with van der Waals surface area (Å²) in [7, 11) is 0. The number of aromatic nitrogens is 1. The van der Waals surface area contributed by atoms with Crippen LogP contribution in [0.25, 0.3) is 0 Å². The van der Waals surface area contributed by atoms with Crippen LogP contribution in [0, 0.1) is 17.1 Å². The predicted octanol–water partition coefficient (Wildman–Crippen LogP) is 2.70. The van der Waals surface area contributed by atoms with Crippen LogP contribution in [-0.2, 0) is 6.54 Å². The number of rotatable bonds is 3. The molecule has 0 radical (unpaired) electrons. The van der Waals surface area contributed by atoms with E-state index in [0.717, 1.165) is 5.56 Å². The molecule has 0 amide bonds. The summed E-state index contributed by atoms with van der Waals surface area (Å²) < 4.78 is 13.3. The Kier molecular flexibility index (Phi) is 3.31. The van der Waals surface area contributed by atoms with Gasteiger partial charge in [-0.15, -0.1) is 0 Å². The van der Waals surface area contributed by atoms with Crippen molar-refractivity contribution in [1.82, 2.24) is 4.98 Å². The zero-order chi connectivity index (χ0) is 12.1. The lowest BCUT2D eigenvalue weighted by Crippen LogP contribution is -2.01. The zero-order valence-electron chi connectivity index (χ0n) is 9.02. The van der Waals surface area contributed by atoms with Gasteiger partial charge in [0.1, 0.15) is 17.6 Å². The molecule has 2 aromatic rings. The fraction of sp³-hybridized carbons (Fsp3) is 0.0769. The average Bonchev–Trinajstić information content (AvgIpc) is 2.38. The van der Waals surface area contributed by atoms with E-state index in [1.54, 1.807) is 36.5 Å². The highest BCUT2D eigenvalue weighted by Gasteiger charge is 2.00. The van der Waals surface area contributed by atoms with Gasteiger partial charge in [0.05, 0.1) is 5.69 Å². The van der Waals surface area contributed by atoms with Crippen LogP contribution in [0.5, 0.6) is 0 Å². The second kappa shape index (κ2) is 5.08. The Morgan fingerprint density at radius 1 is 1.29 bits per heavy atom. The second-order valence-electron chi connectivity index (χ2n) is 3.49. The van der Waals surface area contributed by atoms with Gasteiger partial charge in [-0.25, -0.2) is 9.37 Å². The number of pyridine rings is 1. The molecule has 4 heteroatoms.